The molecule has 0 aliphatic rings. The monoisotopic (exact) mass is 331 g/mol. The largest absolute Gasteiger partial charge is 0.444 e. The lowest BCUT2D eigenvalue weighted by atomic mass is 10.0. The van der Waals surface area contributed by atoms with Gasteiger partial charge in [-0.05, 0) is 40.0 Å². The molecule has 0 aromatic carbocycles. The first-order valence-electron chi connectivity index (χ1n) is 8.70. The van der Waals surface area contributed by atoms with Crippen LogP contribution < -0.4 is 11.1 Å². The zero-order chi connectivity index (χ0) is 17.9. The Morgan fingerprint density at radius 1 is 1.22 bits per heavy atom. The van der Waals surface area contributed by atoms with Gasteiger partial charge in [0.1, 0.15) is 5.60 Å². The Kier molecular flexibility index (Phi) is 11.2. The average molecular weight is 332 g/mol. The molecule has 0 aliphatic heterocycles. The summed E-state index contributed by atoms with van der Waals surface area (Å²) in [4.78, 5) is 14.1. The average Bonchev–Trinajstić information content (AvgIpc) is 2.47. The van der Waals surface area contributed by atoms with E-state index in [-0.39, 0.29) is 12.1 Å². The molecule has 0 rings (SSSR count). The van der Waals surface area contributed by atoms with Gasteiger partial charge in [-0.3, -0.25) is 4.90 Å². The van der Waals surface area contributed by atoms with Gasteiger partial charge in [-0.2, -0.15) is 0 Å². The van der Waals surface area contributed by atoms with Crippen LogP contribution in [0.2, 0.25) is 0 Å². The Bertz CT molecular complexity index is 315. The van der Waals surface area contributed by atoms with Crippen LogP contribution in [0.25, 0.3) is 0 Å². The molecule has 0 fully saturated rings. The summed E-state index contributed by atoms with van der Waals surface area (Å²) in [6.07, 6.45) is 2.58. The quantitative estimate of drug-likeness (QED) is 0.608. The fourth-order valence-corrected chi connectivity index (χ4v) is 2.69. The van der Waals surface area contributed by atoms with Crippen LogP contribution >= 0.6 is 0 Å². The summed E-state index contributed by atoms with van der Waals surface area (Å²) in [7, 11) is 1.71. The van der Waals surface area contributed by atoms with E-state index in [2.05, 4.69) is 24.1 Å². The summed E-state index contributed by atoms with van der Waals surface area (Å²) in [5.74, 6) is 0. The van der Waals surface area contributed by atoms with Gasteiger partial charge < -0.3 is 20.5 Å². The SMILES string of the molecule is CCC(CC)N(CCOC)C(CN)CCNC(=O)OC(C)(C)C. The standard InChI is InChI=1S/C17H37N3O3/c1-7-14(8-2)20(11-12-22-6)15(13-18)9-10-19-16(21)23-17(3,4)5/h14-15H,7-13,18H2,1-6H3,(H,19,21). The minimum atomic E-state index is -0.475. The van der Waals surface area contributed by atoms with Gasteiger partial charge in [0.2, 0.25) is 0 Å². The first kappa shape index (κ1) is 22.1. The van der Waals surface area contributed by atoms with Crippen LogP contribution in [-0.2, 0) is 9.47 Å². The van der Waals surface area contributed by atoms with Gasteiger partial charge in [0.25, 0.3) is 0 Å². The molecule has 0 aromatic heterocycles. The summed E-state index contributed by atoms with van der Waals surface area (Å²) in [6.45, 7) is 12.6. The minimum absolute atomic E-state index is 0.227. The lowest BCUT2D eigenvalue weighted by Crippen LogP contribution is -2.49. The van der Waals surface area contributed by atoms with Crippen LogP contribution in [-0.4, -0.2) is 62.0 Å². The van der Waals surface area contributed by atoms with Crippen molar-refractivity contribution in [3.05, 3.63) is 0 Å². The first-order chi connectivity index (χ1) is 10.8. The number of amides is 1. The molecule has 1 amide bonds. The topological polar surface area (TPSA) is 76.8 Å². The maximum atomic E-state index is 11.7. The van der Waals surface area contributed by atoms with Crippen molar-refractivity contribution in [2.45, 2.75) is 71.6 Å². The summed E-state index contributed by atoms with van der Waals surface area (Å²) in [6, 6.07) is 0.713. The van der Waals surface area contributed by atoms with E-state index in [9.17, 15) is 4.79 Å². The van der Waals surface area contributed by atoms with E-state index in [1.54, 1.807) is 7.11 Å². The summed E-state index contributed by atoms with van der Waals surface area (Å²) < 4.78 is 10.5. The minimum Gasteiger partial charge on any atom is -0.444 e. The van der Waals surface area contributed by atoms with Gasteiger partial charge in [0, 0.05) is 38.8 Å². The molecule has 6 heteroatoms. The van der Waals surface area contributed by atoms with E-state index in [0.29, 0.717) is 25.7 Å². The molecule has 0 spiro atoms. The number of carbonyl (C=O) groups excluding carboxylic acids is 1. The maximum Gasteiger partial charge on any atom is 0.407 e. The Balaban J connectivity index is 4.53. The van der Waals surface area contributed by atoms with E-state index < -0.39 is 5.60 Å². The summed E-state index contributed by atoms with van der Waals surface area (Å²) in [5, 5.41) is 2.82. The lowest BCUT2D eigenvalue weighted by molar-refractivity contribution is 0.0507. The lowest BCUT2D eigenvalue weighted by Gasteiger charge is -2.37. The molecular formula is C17H37N3O3. The first-order valence-corrected chi connectivity index (χ1v) is 8.70. The molecule has 3 N–H and O–H groups in total. The van der Waals surface area contributed by atoms with Crippen LogP contribution in [0.5, 0.6) is 0 Å². The van der Waals surface area contributed by atoms with Gasteiger partial charge >= 0.3 is 6.09 Å². The second kappa shape index (κ2) is 11.6. The van der Waals surface area contributed by atoms with Crippen molar-refractivity contribution in [2.24, 2.45) is 5.73 Å². The number of nitrogens with one attached hydrogen (secondary N) is 1. The Labute approximate surface area is 142 Å². The molecule has 0 aliphatic carbocycles. The third-order valence-electron chi connectivity index (χ3n) is 3.85. The third-order valence-corrected chi connectivity index (χ3v) is 3.85. The van der Waals surface area contributed by atoms with Crippen molar-refractivity contribution in [3.8, 4) is 0 Å². The highest BCUT2D eigenvalue weighted by molar-refractivity contribution is 5.67. The molecule has 23 heavy (non-hydrogen) atoms. The number of hydrogen-bond donors (Lipinski definition) is 2. The molecule has 138 valence electrons. The maximum absolute atomic E-state index is 11.7. The Morgan fingerprint density at radius 3 is 2.26 bits per heavy atom. The van der Waals surface area contributed by atoms with Crippen molar-refractivity contribution in [1.29, 1.82) is 0 Å². The number of carbonyl (C=O) groups is 1. The normalized spacial score (nSPS) is 13.4. The Morgan fingerprint density at radius 2 is 1.83 bits per heavy atom. The van der Waals surface area contributed by atoms with E-state index in [1.165, 1.54) is 0 Å². The molecule has 0 saturated carbocycles. The van der Waals surface area contributed by atoms with Crippen LogP contribution in [0, 0.1) is 0 Å². The van der Waals surface area contributed by atoms with Gasteiger partial charge in [0.15, 0.2) is 0 Å². The summed E-state index contributed by atoms with van der Waals surface area (Å²) >= 11 is 0. The fourth-order valence-electron chi connectivity index (χ4n) is 2.69. The molecular weight excluding hydrogens is 294 g/mol. The van der Waals surface area contributed by atoms with Gasteiger partial charge in [-0.25, -0.2) is 4.79 Å². The zero-order valence-corrected chi connectivity index (χ0v) is 15.9. The molecule has 0 saturated heterocycles. The van der Waals surface area contributed by atoms with E-state index in [1.807, 2.05) is 20.8 Å². The van der Waals surface area contributed by atoms with Crippen molar-refractivity contribution in [3.63, 3.8) is 0 Å². The number of alkyl carbamates (subject to hydrolysis) is 1. The number of nitrogens with two attached hydrogens (primary N) is 1. The van der Waals surface area contributed by atoms with Crippen LogP contribution in [0.1, 0.15) is 53.9 Å². The van der Waals surface area contributed by atoms with Gasteiger partial charge in [-0.1, -0.05) is 13.8 Å². The number of ether oxygens (including phenoxy) is 2. The highest BCUT2D eigenvalue weighted by Crippen LogP contribution is 2.14. The predicted molar refractivity (Wildman–Crippen MR) is 94.6 cm³/mol. The molecule has 0 heterocycles. The summed E-state index contributed by atoms with van der Waals surface area (Å²) in [5.41, 5.74) is 5.51. The van der Waals surface area contributed by atoms with E-state index in [4.69, 9.17) is 15.2 Å². The van der Waals surface area contributed by atoms with Crippen molar-refractivity contribution in [1.82, 2.24) is 10.2 Å². The van der Waals surface area contributed by atoms with Crippen molar-refractivity contribution < 1.29 is 14.3 Å². The Hall–Kier alpha value is -0.850. The second-order valence-corrected chi connectivity index (χ2v) is 6.81. The molecule has 1 atom stereocenters. The van der Waals surface area contributed by atoms with Gasteiger partial charge in [-0.15, -0.1) is 0 Å². The number of methoxy groups -OCH3 is 1. The smallest absolute Gasteiger partial charge is 0.407 e. The molecule has 0 aromatic rings. The highest BCUT2D eigenvalue weighted by Gasteiger charge is 2.23. The molecule has 1 unspecified atom stereocenters. The number of nitrogens with zero attached hydrogens (tertiary/aromatic N) is 1. The highest BCUT2D eigenvalue weighted by atomic mass is 16.6. The van der Waals surface area contributed by atoms with Gasteiger partial charge in [0.05, 0.1) is 6.61 Å². The van der Waals surface area contributed by atoms with Crippen molar-refractivity contribution in [2.75, 3.05) is 33.4 Å². The van der Waals surface area contributed by atoms with Crippen LogP contribution in [0.15, 0.2) is 0 Å². The predicted octanol–water partition coefficient (Wildman–Crippen LogP) is 2.37. The number of rotatable bonds is 11. The van der Waals surface area contributed by atoms with Crippen molar-refractivity contribution >= 4 is 6.09 Å². The van der Waals surface area contributed by atoms with E-state index in [0.717, 1.165) is 25.8 Å². The fraction of sp³-hybridized carbons (Fsp3) is 0.941. The molecule has 0 bridgehead atoms. The number of hydrogen-bond acceptors (Lipinski definition) is 5. The van der Waals surface area contributed by atoms with E-state index >= 15 is 0 Å². The zero-order valence-electron chi connectivity index (χ0n) is 15.9. The van der Waals surface area contributed by atoms with Crippen LogP contribution in [0.4, 0.5) is 4.79 Å². The van der Waals surface area contributed by atoms with Crippen LogP contribution in [0.3, 0.4) is 0 Å². The molecule has 6 nitrogen and oxygen atoms in total. The third kappa shape index (κ3) is 9.79. The molecule has 0 radical (unpaired) electrons. The second-order valence-electron chi connectivity index (χ2n) is 6.81.